The van der Waals surface area contributed by atoms with Crippen molar-refractivity contribution in [1.82, 2.24) is 20.2 Å². The minimum Gasteiger partial charge on any atom is -0.321 e. The number of aromatic nitrogens is 4. The van der Waals surface area contributed by atoms with Crippen LogP contribution in [0, 0.1) is 12.8 Å². The molecule has 24 heavy (non-hydrogen) atoms. The van der Waals surface area contributed by atoms with Crippen LogP contribution in [0.5, 0.6) is 0 Å². The summed E-state index contributed by atoms with van der Waals surface area (Å²) in [5.74, 6) is 1.03. The number of aromatic amines is 2. The molecule has 3 heterocycles. The average Bonchev–Trinajstić information content (AvgIpc) is 3.21. The van der Waals surface area contributed by atoms with E-state index in [1.165, 1.54) is 30.6 Å². The summed E-state index contributed by atoms with van der Waals surface area (Å²) >= 11 is 1.44. The van der Waals surface area contributed by atoms with Crippen LogP contribution in [0.25, 0.3) is 20.7 Å². The molecule has 1 unspecified atom stereocenters. The lowest BCUT2D eigenvalue weighted by atomic mass is 9.84. The minimum absolute atomic E-state index is 0.0985. The largest absolute Gasteiger partial charge is 0.321 e. The summed E-state index contributed by atoms with van der Waals surface area (Å²) in [6, 6.07) is 1.77. The van der Waals surface area contributed by atoms with Crippen LogP contribution < -0.4 is 11.3 Å². The standard InChI is InChI=1S/C17H21N5OS/c1-9-11(8-19-22-9)13-7-12-15(24-13)17(23)21-16(20-12)14(18)10-5-3-2-4-6-10/h7-8,10,14H,2-6,18H2,1H3,(H,19,22)(H,20,21,23). The van der Waals surface area contributed by atoms with Gasteiger partial charge in [0, 0.05) is 16.1 Å². The van der Waals surface area contributed by atoms with Crippen molar-refractivity contribution in [3.05, 3.63) is 34.1 Å². The minimum atomic E-state index is -0.193. The molecule has 1 aliphatic rings. The monoisotopic (exact) mass is 343 g/mol. The van der Waals surface area contributed by atoms with Crippen molar-refractivity contribution in [3.8, 4) is 10.4 Å². The van der Waals surface area contributed by atoms with Gasteiger partial charge in [-0.05, 0) is 31.7 Å². The van der Waals surface area contributed by atoms with E-state index in [0.29, 0.717) is 16.4 Å². The predicted molar refractivity (Wildman–Crippen MR) is 96.1 cm³/mol. The fourth-order valence-electron chi connectivity index (χ4n) is 3.56. The maximum atomic E-state index is 12.5. The molecule has 0 spiro atoms. The quantitative estimate of drug-likeness (QED) is 0.679. The van der Waals surface area contributed by atoms with Gasteiger partial charge in [0.25, 0.3) is 5.56 Å². The average molecular weight is 343 g/mol. The van der Waals surface area contributed by atoms with Gasteiger partial charge in [0.15, 0.2) is 0 Å². The molecule has 0 aliphatic heterocycles. The highest BCUT2D eigenvalue weighted by Gasteiger charge is 2.24. The molecule has 0 bridgehead atoms. The van der Waals surface area contributed by atoms with Gasteiger partial charge in [-0.3, -0.25) is 9.89 Å². The molecule has 0 amide bonds. The molecule has 126 valence electrons. The van der Waals surface area contributed by atoms with Crippen LogP contribution in [-0.2, 0) is 0 Å². The molecule has 1 fully saturated rings. The van der Waals surface area contributed by atoms with E-state index >= 15 is 0 Å². The number of aryl methyl sites for hydroxylation is 1. The lowest BCUT2D eigenvalue weighted by Gasteiger charge is -2.26. The van der Waals surface area contributed by atoms with Gasteiger partial charge in [-0.15, -0.1) is 11.3 Å². The first-order chi connectivity index (χ1) is 11.6. The van der Waals surface area contributed by atoms with Crippen LogP contribution in [0.4, 0.5) is 0 Å². The zero-order chi connectivity index (χ0) is 16.7. The van der Waals surface area contributed by atoms with Crippen molar-refractivity contribution >= 4 is 21.6 Å². The predicted octanol–water partition coefficient (Wildman–Crippen LogP) is 3.26. The Labute approximate surface area is 143 Å². The molecule has 4 rings (SSSR count). The Morgan fingerprint density at radius 2 is 2.12 bits per heavy atom. The van der Waals surface area contributed by atoms with E-state index in [2.05, 4.69) is 20.2 Å². The van der Waals surface area contributed by atoms with Crippen molar-refractivity contribution in [2.24, 2.45) is 11.7 Å². The third-order valence-corrected chi connectivity index (χ3v) is 6.13. The summed E-state index contributed by atoms with van der Waals surface area (Å²) < 4.78 is 0.644. The summed E-state index contributed by atoms with van der Waals surface area (Å²) in [5, 5.41) is 6.98. The maximum absolute atomic E-state index is 12.5. The van der Waals surface area contributed by atoms with E-state index < -0.39 is 0 Å². The molecule has 1 atom stereocenters. The van der Waals surface area contributed by atoms with Crippen molar-refractivity contribution < 1.29 is 0 Å². The smallest absolute Gasteiger partial charge is 0.268 e. The normalized spacial score (nSPS) is 17.4. The van der Waals surface area contributed by atoms with Crippen molar-refractivity contribution in [2.45, 2.75) is 45.1 Å². The molecule has 6 nitrogen and oxygen atoms in total. The Hall–Kier alpha value is -1.99. The van der Waals surface area contributed by atoms with Gasteiger partial charge in [0.1, 0.15) is 10.5 Å². The molecular formula is C17H21N5OS. The fourth-order valence-corrected chi connectivity index (χ4v) is 4.62. The van der Waals surface area contributed by atoms with E-state index in [-0.39, 0.29) is 11.6 Å². The van der Waals surface area contributed by atoms with Crippen LogP contribution in [-0.4, -0.2) is 20.2 Å². The number of nitrogens with zero attached hydrogens (tertiary/aromatic N) is 2. The van der Waals surface area contributed by atoms with Gasteiger partial charge in [-0.2, -0.15) is 5.10 Å². The third kappa shape index (κ3) is 2.67. The van der Waals surface area contributed by atoms with E-state index in [1.807, 2.05) is 13.0 Å². The number of fused-ring (bicyclic) bond motifs is 1. The van der Waals surface area contributed by atoms with Crippen LogP contribution in [0.2, 0.25) is 0 Å². The number of hydrogen-bond donors (Lipinski definition) is 3. The Bertz CT molecular complexity index is 919. The van der Waals surface area contributed by atoms with Gasteiger partial charge in [0.2, 0.25) is 0 Å². The molecule has 1 saturated carbocycles. The Morgan fingerprint density at radius 3 is 2.83 bits per heavy atom. The highest BCUT2D eigenvalue weighted by atomic mass is 32.1. The van der Waals surface area contributed by atoms with Crippen molar-refractivity contribution in [3.63, 3.8) is 0 Å². The molecule has 0 saturated heterocycles. The van der Waals surface area contributed by atoms with E-state index in [9.17, 15) is 4.79 Å². The second-order valence-electron chi connectivity index (χ2n) is 6.61. The second-order valence-corrected chi connectivity index (χ2v) is 7.66. The topological polar surface area (TPSA) is 100 Å². The summed E-state index contributed by atoms with van der Waals surface area (Å²) in [6.45, 7) is 1.97. The van der Waals surface area contributed by atoms with Crippen LogP contribution >= 0.6 is 11.3 Å². The van der Waals surface area contributed by atoms with Crippen molar-refractivity contribution in [2.75, 3.05) is 0 Å². The first kappa shape index (κ1) is 15.5. The number of nitrogens with one attached hydrogen (secondary N) is 2. The maximum Gasteiger partial charge on any atom is 0.268 e. The first-order valence-corrected chi connectivity index (χ1v) is 9.25. The van der Waals surface area contributed by atoms with E-state index in [0.717, 1.165) is 34.5 Å². The van der Waals surface area contributed by atoms with Gasteiger partial charge in [-0.1, -0.05) is 19.3 Å². The van der Waals surface area contributed by atoms with Crippen molar-refractivity contribution in [1.29, 1.82) is 0 Å². The van der Waals surface area contributed by atoms with Crippen LogP contribution in [0.1, 0.15) is 49.7 Å². The Balaban J connectivity index is 1.74. The molecule has 3 aromatic heterocycles. The van der Waals surface area contributed by atoms with Gasteiger partial charge in [-0.25, -0.2) is 4.98 Å². The zero-order valence-corrected chi connectivity index (χ0v) is 14.4. The molecule has 1 aliphatic carbocycles. The number of hydrogen-bond acceptors (Lipinski definition) is 5. The number of thiophene rings is 1. The highest BCUT2D eigenvalue weighted by molar-refractivity contribution is 7.22. The third-order valence-electron chi connectivity index (χ3n) is 4.97. The lowest BCUT2D eigenvalue weighted by molar-refractivity contribution is 0.301. The first-order valence-electron chi connectivity index (χ1n) is 8.43. The van der Waals surface area contributed by atoms with Gasteiger partial charge < -0.3 is 10.7 Å². The Kier molecular flexibility index (Phi) is 3.97. The molecule has 4 N–H and O–H groups in total. The molecule has 0 aromatic carbocycles. The van der Waals surface area contributed by atoms with Gasteiger partial charge in [0.05, 0.1) is 17.8 Å². The summed E-state index contributed by atoms with van der Waals surface area (Å²) in [4.78, 5) is 21.1. The summed E-state index contributed by atoms with van der Waals surface area (Å²) in [6.07, 6.45) is 7.73. The van der Waals surface area contributed by atoms with Crippen LogP contribution in [0.3, 0.4) is 0 Å². The number of nitrogens with two attached hydrogens (primary N) is 1. The van der Waals surface area contributed by atoms with E-state index in [4.69, 9.17) is 5.73 Å². The molecular weight excluding hydrogens is 322 g/mol. The van der Waals surface area contributed by atoms with Gasteiger partial charge >= 0.3 is 0 Å². The lowest BCUT2D eigenvalue weighted by Crippen LogP contribution is -2.27. The molecule has 3 aromatic rings. The molecule has 0 radical (unpaired) electrons. The summed E-state index contributed by atoms with van der Waals surface area (Å²) in [7, 11) is 0. The molecule has 7 heteroatoms. The number of rotatable bonds is 3. The summed E-state index contributed by atoms with van der Waals surface area (Å²) in [5.41, 5.74) is 9.03. The fraction of sp³-hybridized carbons (Fsp3) is 0.471. The Morgan fingerprint density at radius 1 is 1.33 bits per heavy atom. The van der Waals surface area contributed by atoms with E-state index in [1.54, 1.807) is 6.20 Å². The SMILES string of the molecule is Cc1[nH]ncc1-c1cc2nc(C(N)C3CCCCC3)[nH]c(=O)c2s1. The zero-order valence-electron chi connectivity index (χ0n) is 13.6. The second kappa shape index (κ2) is 6.14. The highest BCUT2D eigenvalue weighted by Crippen LogP contribution is 2.34. The van der Waals surface area contributed by atoms with Crippen LogP contribution in [0.15, 0.2) is 17.1 Å². The number of H-pyrrole nitrogens is 2.